The molecule has 1 N–H and O–H groups in total. The van der Waals surface area contributed by atoms with E-state index in [0.29, 0.717) is 5.41 Å². The highest BCUT2D eigenvalue weighted by atomic mass is 32.1. The summed E-state index contributed by atoms with van der Waals surface area (Å²) >= 11 is 4.50. The first-order chi connectivity index (χ1) is 7.58. The fraction of sp³-hybridized carbons (Fsp3) is 1.00. The molecule has 0 aromatic rings. The third kappa shape index (κ3) is 4.62. The van der Waals surface area contributed by atoms with E-state index in [4.69, 9.17) is 4.74 Å². The van der Waals surface area contributed by atoms with Crippen LogP contribution in [0.1, 0.15) is 26.2 Å². The van der Waals surface area contributed by atoms with E-state index in [0.717, 1.165) is 51.3 Å². The van der Waals surface area contributed by atoms with Crippen molar-refractivity contribution in [3.05, 3.63) is 0 Å². The van der Waals surface area contributed by atoms with Crippen LogP contribution in [0, 0.1) is 5.41 Å². The van der Waals surface area contributed by atoms with Gasteiger partial charge in [0.05, 0.1) is 6.10 Å². The molecular formula is C12H25NO2S. The van der Waals surface area contributed by atoms with Gasteiger partial charge in [0.2, 0.25) is 0 Å². The van der Waals surface area contributed by atoms with Crippen LogP contribution in [0.2, 0.25) is 0 Å². The highest BCUT2D eigenvalue weighted by molar-refractivity contribution is 7.80. The predicted molar refractivity (Wildman–Crippen MR) is 70.1 cm³/mol. The average Bonchev–Trinajstić information content (AvgIpc) is 2.28. The fourth-order valence-electron chi connectivity index (χ4n) is 2.23. The maximum Gasteiger partial charge on any atom is 0.0524 e. The summed E-state index contributed by atoms with van der Waals surface area (Å²) in [6.45, 7) is 5.59. The van der Waals surface area contributed by atoms with Gasteiger partial charge in [0.25, 0.3) is 0 Å². The van der Waals surface area contributed by atoms with E-state index in [2.05, 4.69) is 24.6 Å². The van der Waals surface area contributed by atoms with E-state index in [1.54, 1.807) is 0 Å². The first kappa shape index (κ1) is 14.3. The van der Waals surface area contributed by atoms with Gasteiger partial charge in [-0.2, -0.15) is 12.6 Å². The van der Waals surface area contributed by atoms with Crippen molar-refractivity contribution < 1.29 is 9.84 Å². The minimum absolute atomic E-state index is 0.205. The van der Waals surface area contributed by atoms with Crippen molar-refractivity contribution in [2.45, 2.75) is 32.3 Å². The molecule has 1 saturated heterocycles. The Morgan fingerprint density at radius 2 is 2.06 bits per heavy atom. The van der Waals surface area contributed by atoms with Crippen molar-refractivity contribution in [2.24, 2.45) is 5.41 Å². The summed E-state index contributed by atoms with van der Waals surface area (Å²) < 4.78 is 5.41. The Bertz CT molecular complexity index is 193. The van der Waals surface area contributed by atoms with Crippen LogP contribution >= 0.6 is 12.6 Å². The van der Waals surface area contributed by atoms with E-state index >= 15 is 0 Å². The summed E-state index contributed by atoms with van der Waals surface area (Å²) in [5.74, 6) is 0.926. The van der Waals surface area contributed by atoms with Crippen molar-refractivity contribution in [3.63, 3.8) is 0 Å². The second kappa shape index (κ2) is 6.84. The third-order valence-electron chi connectivity index (χ3n) is 3.42. The topological polar surface area (TPSA) is 32.7 Å². The molecule has 1 atom stereocenters. The number of hydrogen-bond acceptors (Lipinski definition) is 4. The minimum Gasteiger partial charge on any atom is -0.393 e. The van der Waals surface area contributed by atoms with Gasteiger partial charge in [-0.05, 0) is 44.4 Å². The number of aliphatic hydroxyl groups is 1. The summed E-state index contributed by atoms with van der Waals surface area (Å²) in [5.41, 5.74) is 0.314. The molecule has 0 amide bonds. The second-order valence-electron chi connectivity index (χ2n) is 5.15. The maximum atomic E-state index is 9.27. The molecule has 1 unspecified atom stereocenters. The Hall–Kier alpha value is 0.230. The largest absolute Gasteiger partial charge is 0.393 e. The quantitative estimate of drug-likeness (QED) is 0.696. The Balaban J connectivity index is 2.36. The Morgan fingerprint density at radius 3 is 2.56 bits per heavy atom. The van der Waals surface area contributed by atoms with E-state index in [1.165, 1.54) is 0 Å². The zero-order chi connectivity index (χ0) is 12.0. The van der Waals surface area contributed by atoms with Gasteiger partial charge >= 0.3 is 0 Å². The molecule has 0 aromatic carbocycles. The summed E-state index contributed by atoms with van der Waals surface area (Å²) in [7, 11) is 2.13. The van der Waals surface area contributed by atoms with E-state index in [-0.39, 0.29) is 6.10 Å². The molecule has 0 aliphatic carbocycles. The Labute approximate surface area is 105 Å². The Morgan fingerprint density at radius 1 is 1.44 bits per heavy atom. The molecule has 0 bridgehead atoms. The molecular weight excluding hydrogens is 222 g/mol. The van der Waals surface area contributed by atoms with Crippen molar-refractivity contribution in [3.8, 4) is 0 Å². The molecule has 1 fully saturated rings. The second-order valence-corrected chi connectivity index (χ2v) is 5.46. The van der Waals surface area contributed by atoms with Crippen molar-refractivity contribution in [2.75, 3.05) is 39.1 Å². The van der Waals surface area contributed by atoms with Crippen LogP contribution in [0.4, 0.5) is 0 Å². The van der Waals surface area contributed by atoms with Crippen molar-refractivity contribution >= 4 is 12.6 Å². The molecule has 4 heteroatoms. The van der Waals surface area contributed by atoms with Gasteiger partial charge in [0.1, 0.15) is 0 Å². The Kier molecular flexibility index (Phi) is 6.11. The highest BCUT2D eigenvalue weighted by Crippen LogP contribution is 2.32. The number of ether oxygens (including phenoxy) is 1. The van der Waals surface area contributed by atoms with Crippen LogP contribution in [0.25, 0.3) is 0 Å². The molecule has 1 rings (SSSR count). The fourth-order valence-corrected chi connectivity index (χ4v) is 2.65. The van der Waals surface area contributed by atoms with Gasteiger partial charge in [0, 0.05) is 26.3 Å². The van der Waals surface area contributed by atoms with E-state index in [9.17, 15) is 5.11 Å². The maximum absolute atomic E-state index is 9.27. The van der Waals surface area contributed by atoms with Crippen LogP contribution in [-0.2, 0) is 4.74 Å². The van der Waals surface area contributed by atoms with E-state index in [1.807, 2.05) is 6.92 Å². The summed E-state index contributed by atoms with van der Waals surface area (Å²) in [6.07, 6.45) is 2.85. The van der Waals surface area contributed by atoms with Gasteiger partial charge in [-0.15, -0.1) is 0 Å². The predicted octanol–water partition coefficient (Wildman–Crippen LogP) is 1.42. The van der Waals surface area contributed by atoms with Gasteiger partial charge in [0.15, 0.2) is 0 Å². The van der Waals surface area contributed by atoms with Crippen LogP contribution in [0.5, 0.6) is 0 Å². The van der Waals surface area contributed by atoms with Crippen LogP contribution in [0.3, 0.4) is 0 Å². The molecule has 3 nitrogen and oxygen atoms in total. The lowest BCUT2D eigenvalue weighted by Crippen LogP contribution is -2.42. The zero-order valence-electron chi connectivity index (χ0n) is 10.5. The molecule has 96 valence electrons. The molecule has 1 aliphatic heterocycles. The van der Waals surface area contributed by atoms with E-state index < -0.39 is 0 Å². The third-order valence-corrected chi connectivity index (χ3v) is 4.09. The van der Waals surface area contributed by atoms with Crippen LogP contribution in [0.15, 0.2) is 0 Å². The average molecular weight is 247 g/mol. The number of aliphatic hydroxyl groups excluding tert-OH is 1. The number of nitrogens with zero attached hydrogens (tertiary/aromatic N) is 1. The van der Waals surface area contributed by atoms with Gasteiger partial charge in [-0.1, -0.05) is 0 Å². The summed E-state index contributed by atoms with van der Waals surface area (Å²) in [5, 5.41) is 9.27. The monoisotopic (exact) mass is 247 g/mol. The van der Waals surface area contributed by atoms with Gasteiger partial charge in [-0.25, -0.2) is 0 Å². The molecule has 16 heavy (non-hydrogen) atoms. The lowest BCUT2D eigenvalue weighted by atomic mass is 9.81. The van der Waals surface area contributed by atoms with Crippen LogP contribution < -0.4 is 0 Å². The summed E-state index contributed by atoms with van der Waals surface area (Å²) in [4.78, 5) is 2.31. The number of rotatable bonds is 6. The zero-order valence-corrected chi connectivity index (χ0v) is 11.4. The molecule has 0 radical (unpaired) electrons. The first-order valence-corrected chi connectivity index (χ1v) is 6.76. The van der Waals surface area contributed by atoms with Crippen LogP contribution in [-0.4, -0.2) is 55.2 Å². The summed E-state index contributed by atoms with van der Waals surface area (Å²) in [6, 6.07) is 0. The molecule has 1 aliphatic rings. The standard InChI is InChI=1S/C12H25NO2S/c1-11(14)3-6-13(2)9-12(10-16)4-7-15-8-5-12/h11,14,16H,3-10H2,1-2H3. The number of thiol groups is 1. The highest BCUT2D eigenvalue weighted by Gasteiger charge is 2.32. The lowest BCUT2D eigenvalue weighted by molar-refractivity contribution is 0.0100. The molecule has 0 saturated carbocycles. The normalized spacial score (nSPS) is 22.3. The minimum atomic E-state index is -0.205. The van der Waals surface area contributed by atoms with Gasteiger partial charge in [-0.3, -0.25) is 0 Å². The first-order valence-electron chi connectivity index (χ1n) is 6.13. The lowest BCUT2D eigenvalue weighted by Gasteiger charge is -2.39. The smallest absolute Gasteiger partial charge is 0.0524 e. The molecule has 0 aromatic heterocycles. The number of hydrogen-bond donors (Lipinski definition) is 2. The van der Waals surface area contributed by atoms with Crippen molar-refractivity contribution in [1.29, 1.82) is 0 Å². The molecule has 1 heterocycles. The van der Waals surface area contributed by atoms with Crippen molar-refractivity contribution in [1.82, 2.24) is 4.90 Å². The van der Waals surface area contributed by atoms with Gasteiger partial charge < -0.3 is 14.7 Å². The SMILES string of the molecule is CC(O)CCN(C)CC1(CS)CCOCC1. The molecule has 0 spiro atoms.